The van der Waals surface area contributed by atoms with E-state index in [1.54, 1.807) is 0 Å². The highest BCUT2D eigenvalue weighted by Crippen LogP contribution is 2.56. The molecule has 6 rings (SSSR count). The molecule has 0 unspecified atom stereocenters. The lowest BCUT2D eigenvalue weighted by molar-refractivity contribution is -0.229. The van der Waals surface area contributed by atoms with E-state index in [4.69, 9.17) is 18.9 Å². The van der Waals surface area contributed by atoms with Gasteiger partial charge in [0.05, 0.1) is 30.0 Å². The van der Waals surface area contributed by atoms with E-state index in [0.29, 0.717) is 0 Å². The minimum Gasteiger partial charge on any atom is -0.507 e. The molecule has 1 heterocycles. The molecule has 1 aliphatic heterocycles. The zero-order chi connectivity index (χ0) is 35.2. The molecular formula is C33H33NO14. The lowest BCUT2D eigenvalue weighted by Gasteiger charge is -2.50. The molecule has 0 spiro atoms. The van der Waals surface area contributed by atoms with E-state index in [0.717, 1.165) is 26.4 Å². The number of carbonyl (C=O) groups excluding carboxylic acids is 5. The minimum absolute atomic E-state index is 0.00732. The fraction of sp³-hybridized carbons (Fsp3) is 0.424. The van der Waals surface area contributed by atoms with Crippen LogP contribution >= 0.6 is 0 Å². The number of aryl methyl sites for hydroxylation is 2. The van der Waals surface area contributed by atoms with Crippen molar-refractivity contribution in [3.8, 4) is 11.5 Å². The zero-order valence-corrected chi connectivity index (χ0v) is 26.4. The minimum atomic E-state index is -2.96. The summed E-state index contributed by atoms with van der Waals surface area (Å²) in [5, 5.41) is 58.6. The number of ether oxygens (including phenoxy) is 4. The summed E-state index contributed by atoms with van der Waals surface area (Å²) < 4.78 is 21.3. The molecule has 7 atom stereocenters. The van der Waals surface area contributed by atoms with E-state index in [9.17, 15) is 49.5 Å². The van der Waals surface area contributed by atoms with Gasteiger partial charge in [0.1, 0.15) is 35.4 Å². The number of phenols is 2. The van der Waals surface area contributed by atoms with Gasteiger partial charge in [-0.05, 0) is 43.9 Å². The van der Waals surface area contributed by atoms with Crippen LogP contribution < -0.4 is 5.32 Å². The van der Waals surface area contributed by atoms with E-state index in [1.165, 1.54) is 27.0 Å². The highest BCUT2D eigenvalue weighted by Gasteiger charge is 2.69. The number of esters is 1. The Bertz CT molecular complexity index is 1860. The third kappa shape index (κ3) is 4.18. The summed E-state index contributed by atoms with van der Waals surface area (Å²) in [6.07, 6.45) is -5.55. The number of aliphatic hydroxyl groups is 3. The Hall–Kier alpha value is -4.51. The number of carbonyl (C=O) groups is 5. The summed E-state index contributed by atoms with van der Waals surface area (Å²) in [5.74, 6) is -6.98. The number of hydrogen-bond donors (Lipinski definition) is 6. The molecule has 1 fully saturated rings. The summed E-state index contributed by atoms with van der Waals surface area (Å²) in [4.78, 5) is 68.7. The van der Waals surface area contributed by atoms with Crippen LogP contribution in [0.4, 0.5) is 0 Å². The maximum absolute atomic E-state index is 14.5. The molecule has 0 bridgehead atoms. The summed E-state index contributed by atoms with van der Waals surface area (Å²) >= 11 is 0. The van der Waals surface area contributed by atoms with E-state index in [1.807, 2.05) is 0 Å². The summed E-state index contributed by atoms with van der Waals surface area (Å²) in [7, 11) is 3.37. The fourth-order valence-electron chi connectivity index (χ4n) is 7.44. The average molecular weight is 668 g/mol. The molecule has 254 valence electrons. The normalized spacial score (nSPS) is 30.9. The van der Waals surface area contributed by atoms with Crippen LogP contribution in [0.25, 0.3) is 0 Å². The van der Waals surface area contributed by atoms with Crippen molar-refractivity contribution in [2.45, 2.75) is 68.5 Å². The molecule has 0 radical (unpaired) electrons. The van der Waals surface area contributed by atoms with Crippen LogP contribution in [0.2, 0.25) is 0 Å². The Labute approximate surface area is 272 Å². The first-order valence-electron chi connectivity index (χ1n) is 14.9. The first kappa shape index (κ1) is 33.4. The third-order valence-corrected chi connectivity index (χ3v) is 9.89. The Balaban J connectivity index is 1.51. The number of allylic oxidation sites excluding steroid dienone is 2. The van der Waals surface area contributed by atoms with Crippen molar-refractivity contribution in [1.29, 1.82) is 0 Å². The zero-order valence-electron chi connectivity index (χ0n) is 26.4. The highest BCUT2D eigenvalue weighted by molar-refractivity contribution is 6.30. The summed E-state index contributed by atoms with van der Waals surface area (Å²) in [5.41, 5.74) is -8.48. The molecule has 2 aromatic rings. The monoisotopic (exact) mass is 667 g/mol. The van der Waals surface area contributed by atoms with Gasteiger partial charge in [-0.25, -0.2) is 4.79 Å². The van der Waals surface area contributed by atoms with Gasteiger partial charge in [0, 0.05) is 37.0 Å². The number of nitrogens with one attached hydrogen (secondary N) is 1. The first-order valence-corrected chi connectivity index (χ1v) is 14.9. The van der Waals surface area contributed by atoms with E-state index >= 15 is 0 Å². The van der Waals surface area contributed by atoms with Crippen LogP contribution in [0.5, 0.6) is 11.5 Å². The maximum atomic E-state index is 14.5. The Morgan fingerprint density at radius 1 is 0.979 bits per heavy atom. The van der Waals surface area contributed by atoms with E-state index < -0.39 is 110 Å². The molecule has 4 aliphatic rings. The summed E-state index contributed by atoms with van der Waals surface area (Å²) in [6.45, 7) is 2.99. The van der Waals surface area contributed by atoms with Crippen LogP contribution in [-0.2, 0) is 31.0 Å². The number of aliphatic hydroxyl groups excluding tert-OH is 2. The molecule has 48 heavy (non-hydrogen) atoms. The molecule has 1 saturated heterocycles. The predicted octanol–water partition coefficient (Wildman–Crippen LogP) is 0.125. The SMILES string of the molecule is COC(=O)c1c(C)cc2c(c1O)[C@@]1(O)C(=O)c3cc4c(c(O)c3C(=O)[C@@]1(OC)CC2)C(=O)C=C(N[C@H]1O[C@@H](C)[C@H](O)[C@@H](O)[C@H]1OC)C4=O. The van der Waals surface area contributed by atoms with Crippen LogP contribution in [-0.4, -0.2) is 112 Å². The lowest BCUT2D eigenvalue weighted by Crippen LogP contribution is -2.67. The molecule has 6 N–H and O–H groups in total. The van der Waals surface area contributed by atoms with Gasteiger partial charge in [0.25, 0.3) is 0 Å². The standard InChI is InChI=1S/C33H33NO14/c1-11-8-13-6-7-32(47-5)29(42)20-15(28(41)33(32,44)21(13)25(39)18(11)31(43)46-4)9-14-19(24(20)38)17(35)10-16(23(14)37)34-30-27(45-3)26(40)22(36)12(2)48-30/h8-10,12,22,26-27,30,34,36,38-40,44H,6-7H2,1-5H3/t12-,22-,26+,27+,30-,32-,33+/m0/s1. The van der Waals surface area contributed by atoms with Crippen molar-refractivity contribution in [1.82, 2.24) is 5.32 Å². The quantitative estimate of drug-likeness (QED) is 0.232. The lowest BCUT2D eigenvalue weighted by atomic mass is 9.57. The van der Waals surface area contributed by atoms with Gasteiger partial charge in [-0.15, -0.1) is 0 Å². The van der Waals surface area contributed by atoms with Crippen LogP contribution in [0, 0.1) is 6.92 Å². The number of fused-ring (bicyclic) bond motifs is 5. The van der Waals surface area contributed by atoms with Gasteiger partial charge in [-0.1, -0.05) is 6.07 Å². The van der Waals surface area contributed by atoms with Crippen LogP contribution in [0.3, 0.4) is 0 Å². The van der Waals surface area contributed by atoms with E-state index in [-0.39, 0.29) is 35.2 Å². The fourth-order valence-corrected chi connectivity index (χ4v) is 7.44. The number of benzene rings is 2. The Morgan fingerprint density at radius 3 is 2.29 bits per heavy atom. The first-order chi connectivity index (χ1) is 22.6. The van der Waals surface area contributed by atoms with Gasteiger partial charge in [-0.3, -0.25) is 19.2 Å². The van der Waals surface area contributed by atoms with Gasteiger partial charge in [-0.2, -0.15) is 0 Å². The third-order valence-electron chi connectivity index (χ3n) is 9.89. The Morgan fingerprint density at radius 2 is 1.67 bits per heavy atom. The van der Waals surface area contributed by atoms with E-state index in [2.05, 4.69) is 5.32 Å². The molecule has 15 heteroatoms. The number of phenolic OH excluding ortho intramolecular Hbond substituents is 2. The predicted molar refractivity (Wildman–Crippen MR) is 160 cm³/mol. The number of aromatic hydroxyl groups is 2. The van der Waals surface area contributed by atoms with Crippen molar-refractivity contribution in [2.24, 2.45) is 0 Å². The van der Waals surface area contributed by atoms with Crippen molar-refractivity contribution in [3.63, 3.8) is 0 Å². The Kier molecular flexibility index (Phi) is 7.85. The number of methoxy groups -OCH3 is 3. The van der Waals surface area contributed by atoms with Gasteiger partial charge in [0.15, 0.2) is 23.2 Å². The molecule has 0 saturated carbocycles. The second kappa shape index (κ2) is 11.3. The molecule has 0 amide bonds. The highest BCUT2D eigenvalue weighted by atomic mass is 16.6. The molecule has 15 nitrogen and oxygen atoms in total. The van der Waals surface area contributed by atoms with Crippen LogP contribution in [0.15, 0.2) is 23.9 Å². The number of hydrogen-bond acceptors (Lipinski definition) is 15. The van der Waals surface area contributed by atoms with Crippen molar-refractivity contribution in [2.75, 3.05) is 21.3 Å². The number of rotatable bonds is 5. The smallest absolute Gasteiger partial charge is 0.341 e. The molecule has 0 aromatic heterocycles. The van der Waals surface area contributed by atoms with Crippen LogP contribution in [0.1, 0.15) is 81.8 Å². The van der Waals surface area contributed by atoms with Gasteiger partial charge < -0.3 is 49.8 Å². The van der Waals surface area contributed by atoms with Crippen molar-refractivity contribution in [3.05, 3.63) is 68.4 Å². The summed E-state index contributed by atoms with van der Waals surface area (Å²) in [6, 6.07) is 2.37. The second-order valence-electron chi connectivity index (χ2n) is 12.3. The number of ketones is 4. The van der Waals surface area contributed by atoms with Gasteiger partial charge in [0.2, 0.25) is 17.3 Å². The van der Waals surface area contributed by atoms with Crippen molar-refractivity contribution < 1.29 is 68.5 Å². The van der Waals surface area contributed by atoms with Gasteiger partial charge >= 0.3 is 5.97 Å². The maximum Gasteiger partial charge on any atom is 0.341 e. The topological polar surface area (TPSA) is 235 Å². The number of Topliss-reactive ketones (excluding diaryl/α,β-unsaturated/α-hetero) is 3. The molecular weight excluding hydrogens is 634 g/mol. The van der Waals surface area contributed by atoms with Crippen molar-refractivity contribution >= 4 is 29.1 Å². The average Bonchev–Trinajstić information content (AvgIpc) is 3.04. The molecule has 2 aromatic carbocycles. The second-order valence-corrected chi connectivity index (χ2v) is 12.3. The molecule has 3 aliphatic carbocycles. The largest absolute Gasteiger partial charge is 0.507 e.